The van der Waals surface area contributed by atoms with Crippen LogP contribution in [0.1, 0.15) is 39.9 Å². The van der Waals surface area contributed by atoms with Gasteiger partial charge in [0.15, 0.2) is 0 Å². The van der Waals surface area contributed by atoms with Crippen LogP contribution in [0.3, 0.4) is 0 Å². The molecule has 5 heteroatoms. The zero-order chi connectivity index (χ0) is 18.3. The highest BCUT2D eigenvalue weighted by atomic mass is 16.5. The van der Waals surface area contributed by atoms with Crippen molar-refractivity contribution in [3.63, 3.8) is 0 Å². The molecule has 134 valence electrons. The average Bonchev–Trinajstić information content (AvgIpc) is 3.24. The van der Waals surface area contributed by atoms with Crippen LogP contribution in [0, 0.1) is 5.92 Å². The molecule has 0 aliphatic heterocycles. The zero-order valence-electron chi connectivity index (χ0n) is 14.6. The molecule has 4 rings (SSSR count). The summed E-state index contributed by atoms with van der Waals surface area (Å²) in [5.74, 6) is -1.11. The van der Waals surface area contributed by atoms with Crippen molar-refractivity contribution in [3.8, 4) is 0 Å². The number of aryl methyl sites for hydroxylation is 1. The number of benzene rings is 2. The van der Waals surface area contributed by atoms with Crippen LogP contribution < -0.4 is 5.32 Å². The quantitative estimate of drug-likeness (QED) is 0.866. The lowest BCUT2D eigenvalue weighted by Gasteiger charge is -2.13. The molecule has 2 N–H and O–H groups in total. The number of hydrogen-bond acceptors (Lipinski definition) is 3. The molecule has 0 radical (unpaired) electrons. The molecule has 1 amide bonds. The topological polar surface area (TPSA) is 75.6 Å². The van der Waals surface area contributed by atoms with Gasteiger partial charge in [-0.2, -0.15) is 0 Å². The molecule has 26 heavy (non-hydrogen) atoms. The smallest absolute Gasteiger partial charge is 0.335 e. The van der Waals surface area contributed by atoms with E-state index in [-0.39, 0.29) is 22.8 Å². The number of fused-ring (bicyclic) bond motifs is 2. The highest BCUT2D eigenvalue weighted by Crippen LogP contribution is 2.61. The van der Waals surface area contributed by atoms with E-state index in [4.69, 9.17) is 4.74 Å². The summed E-state index contributed by atoms with van der Waals surface area (Å²) < 4.78 is 5.09. The number of carbonyl (C=O) groups excluding carboxylic acids is 1. The number of anilines is 1. The second-order valence-corrected chi connectivity index (χ2v) is 7.22. The van der Waals surface area contributed by atoms with Crippen LogP contribution in [-0.4, -0.2) is 24.1 Å². The van der Waals surface area contributed by atoms with E-state index in [1.54, 1.807) is 19.2 Å². The second kappa shape index (κ2) is 6.25. The van der Waals surface area contributed by atoms with Crippen molar-refractivity contribution in [3.05, 3.63) is 64.7 Å². The SMILES string of the molecule is COCc1cc(NC(=O)C2CC23CCc2ccccc23)cc(C(=O)O)c1. The van der Waals surface area contributed by atoms with Crippen LogP contribution in [0.15, 0.2) is 42.5 Å². The normalized spacial score (nSPS) is 22.9. The van der Waals surface area contributed by atoms with E-state index in [9.17, 15) is 14.7 Å². The van der Waals surface area contributed by atoms with E-state index in [1.165, 1.54) is 17.2 Å². The number of nitrogens with one attached hydrogen (secondary N) is 1. The summed E-state index contributed by atoms with van der Waals surface area (Å²) in [5.41, 5.74) is 4.00. The molecule has 1 spiro atoms. The molecule has 2 unspecified atom stereocenters. The van der Waals surface area contributed by atoms with Crippen LogP contribution in [0.5, 0.6) is 0 Å². The molecule has 2 aliphatic carbocycles. The van der Waals surface area contributed by atoms with Crippen LogP contribution in [0.25, 0.3) is 0 Å². The summed E-state index contributed by atoms with van der Waals surface area (Å²) in [4.78, 5) is 24.1. The molecule has 5 nitrogen and oxygen atoms in total. The second-order valence-electron chi connectivity index (χ2n) is 7.22. The molecule has 0 bridgehead atoms. The molecule has 1 fully saturated rings. The molecule has 2 aromatic carbocycles. The molecule has 2 aromatic rings. The number of carbonyl (C=O) groups is 2. The number of ether oxygens (including phenoxy) is 1. The molecular weight excluding hydrogens is 330 g/mol. The molecule has 2 aliphatic rings. The van der Waals surface area contributed by atoms with Crippen LogP contribution >= 0.6 is 0 Å². The molecule has 2 atom stereocenters. The van der Waals surface area contributed by atoms with Crippen molar-refractivity contribution in [2.24, 2.45) is 5.92 Å². The van der Waals surface area contributed by atoms with Gasteiger partial charge in [-0.3, -0.25) is 4.79 Å². The highest BCUT2D eigenvalue weighted by Gasteiger charge is 2.61. The fourth-order valence-electron chi connectivity index (χ4n) is 4.31. The lowest BCUT2D eigenvalue weighted by Crippen LogP contribution is -2.20. The van der Waals surface area contributed by atoms with Crippen molar-refractivity contribution >= 4 is 17.6 Å². The summed E-state index contributed by atoms with van der Waals surface area (Å²) >= 11 is 0. The Kier molecular flexibility index (Phi) is 4.04. The summed E-state index contributed by atoms with van der Waals surface area (Å²) in [7, 11) is 1.55. The van der Waals surface area contributed by atoms with Gasteiger partial charge >= 0.3 is 5.97 Å². The Hall–Kier alpha value is -2.66. The van der Waals surface area contributed by atoms with Crippen LogP contribution in [0.2, 0.25) is 0 Å². The van der Waals surface area contributed by atoms with Gasteiger partial charge in [-0.15, -0.1) is 0 Å². The fraction of sp³-hybridized carbons (Fsp3) is 0.333. The minimum Gasteiger partial charge on any atom is -0.478 e. The first-order valence-corrected chi connectivity index (χ1v) is 8.79. The number of amides is 1. The largest absolute Gasteiger partial charge is 0.478 e. The predicted molar refractivity (Wildman–Crippen MR) is 97.3 cm³/mol. The Morgan fingerprint density at radius 3 is 2.85 bits per heavy atom. The minimum atomic E-state index is -1.02. The molecule has 0 saturated heterocycles. The van der Waals surface area contributed by atoms with Gasteiger partial charge in [0, 0.05) is 24.1 Å². The molecule has 0 aromatic heterocycles. The summed E-state index contributed by atoms with van der Waals surface area (Å²) in [5, 5.41) is 12.2. The number of rotatable bonds is 5. The van der Waals surface area contributed by atoms with E-state index in [2.05, 4.69) is 17.4 Å². The maximum absolute atomic E-state index is 12.8. The third-order valence-corrected chi connectivity index (χ3v) is 5.60. The maximum Gasteiger partial charge on any atom is 0.335 e. The number of aromatic carboxylic acids is 1. The Bertz CT molecular complexity index is 891. The van der Waals surface area contributed by atoms with Gasteiger partial charge in [0.1, 0.15) is 0 Å². The van der Waals surface area contributed by atoms with Gasteiger partial charge < -0.3 is 15.2 Å². The van der Waals surface area contributed by atoms with E-state index in [0.29, 0.717) is 12.3 Å². The maximum atomic E-state index is 12.8. The van der Waals surface area contributed by atoms with Gasteiger partial charge in [-0.05, 0) is 54.2 Å². The van der Waals surface area contributed by atoms with Crippen LogP contribution in [0.4, 0.5) is 5.69 Å². The van der Waals surface area contributed by atoms with Crippen LogP contribution in [-0.2, 0) is 28.0 Å². The predicted octanol–water partition coefficient (Wildman–Crippen LogP) is 3.37. The van der Waals surface area contributed by atoms with E-state index >= 15 is 0 Å². The van der Waals surface area contributed by atoms with Crippen molar-refractivity contribution in [2.75, 3.05) is 12.4 Å². The van der Waals surface area contributed by atoms with Gasteiger partial charge in [-0.1, -0.05) is 24.3 Å². The van der Waals surface area contributed by atoms with Crippen molar-refractivity contribution in [2.45, 2.75) is 31.3 Å². The summed E-state index contributed by atoms with van der Waals surface area (Å²) in [6, 6.07) is 13.2. The fourth-order valence-corrected chi connectivity index (χ4v) is 4.31. The van der Waals surface area contributed by atoms with Crippen molar-refractivity contribution < 1.29 is 19.4 Å². The third-order valence-electron chi connectivity index (χ3n) is 5.60. The average molecular weight is 351 g/mol. The molecule has 0 heterocycles. The zero-order valence-corrected chi connectivity index (χ0v) is 14.6. The lowest BCUT2D eigenvalue weighted by atomic mass is 9.95. The first-order valence-electron chi connectivity index (χ1n) is 8.79. The Morgan fingerprint density at radius 2 is 2.08 bits per heavy atom. The highest BCUT2D eigenvalue weighted by molar-refractivity contribution is 5.98. The molecular formula is C21H21NO4. The van der Waals surface area contributed by atoms with E-state index in [1.807, 2.05) is 12.1 Å². The van der Waals surface area contributed by atoms with E-state index < -0.39 is 5.97 Å². The van der Waals surface area contributed by atoms with Gasteiger partial charge in [-0.25, -0.2) is 4.79 Å². The molecule has 1 saturated carbocycles. The number of carboxylic acids is 1. The van der Waals surface area contributed by atoms with Gasteiger partial charge in [0.25, 0.3) is 0 Å². The minimum absolute atomic E-state index is 0.0273. The Balaban J connectivity index is 1.54. The number of carboxylic acid groups (broad SMARTS) is 1. The Labute approximate surface area is 152 Å². The first-order chi connectivity index (χ1) is 12.5. The van der Waals surface area contributed by atoms with Gasteiger partial charge in [0.2, 0.25) is 5.91 Å². The third kappa shape index (κ3) is 2.78. The monoisotopic (exact) mass is 351 g/mol. The van der Waals surface area contributed by atoms with E-state index in [0.717, 1.165) is 24.8 Å². The number of hydrogen-bond donors (Lipinski definition) is 2. The Morgan fingerprint density at radius 1 is 1.27 bits per heavy atom. The standard InChI is InChI=1S/C21H21NO4/c1-26-12-13-8-15(20(24)25)10-16(9-13)22-19(23)18-11-21(18)7-6-14-4-2-3-5-17(14)21/h2-5,8-10,18H,6-7,11-12H2,1H3,(H,22,23)(H,24,25). The number of methoxy groups -OCH3 is 1. The van der Waals surface area contributed by atoms with Crippen molar-refractivity contribution in [1.29, 1.82) is 0 Å². The van der Waals surface area contributed by atoms with Crippen molar-refractivity contribution in [1.82, 2.24) is 0 Å². The summed E-state index contributed by atoms with van der Waals surface area (Å²) in [6.45, 7) is 0.296. The first kappa shape index (κ1) is 16.8. The van der Waals surface area contributed by atoms with Gasteiger partial charge in [0.05, 0.1) is 12.2 Å². The summed E-state index contributed by atoms with van der Waals surface area (Å²) in [6.07, 6.45) is 2.89. The lowest BCUT2D eigenvalue weighted by molar-refractivity contribution is -0.117.